The van der Waals surface area contributed by atoms with Crippen molar-refractivity contribution in [2.45, 2.75) is 26.2 Å². The first-order chi connectivity index (χ1) is 9.60. The zero-order valence-electron chi connectivity index (χ0n) is 12.0. The van der Waals surface area contributed by atoms with Gasteiger partial charge in [-0.2, -0.15) is 0 Å². The van der Waals surface area contributed by atoms with Crippen LogP contribution in [-0.2, 0) is 4.79 Å². The Morgan fingerprint density at radius 3 is 2.80 bits per heavy atom. The number of hydrogen-bond donors (Lipinski definition) is 2. The fourth-order valence-electron chi connectivity index (χ4n) is 2.57. The van der Waals surface area contributed by atoms with Gasteiger partial charge >= 0.3 is 0 Å². The molecule has 1 fully saturated rings. The molecule has 1 amide bonds. The summed E-state index contributed by atoms with van der Waals surface area (Å²) in [5, 5.41) is 6.31. The zero-order valence-corrected chi connectivity index (χ0v) is 13.5. The van der Waals surface area contributed by atoms with E-state index in [0.29, 0.717) is 18.1 Å². The predicted molar refractivity (Wildman–Crippen MR) is 84.3 cm³/mol. The molecular formula is C15H21BrN2O2. The standard InChI is InChI=1S/C15H21BrN2O2/c1-10-7-12(16)9-13(20-2)15(10)18-14(19)8-11-3-5-17-6-4-11/h7,9,11,17H,3-6,8H2,1-2H3,(H,18,19). The highest BCUT2D eigenvalue weighted by atomic mass is 79.9. The third-order valence-corrected chi connectivity index (χ3v) is 4.14. The van der Waals surface area contributed by atoms with Gasteiger partial charge in [0.05, 0.1) is 12.8 Å². The van der Waals surface area contributed by atoms with Crippen LogP contribution in [-0.4, -0.2) is 26.1 Å². The molecule has 0 spiro atoms. The molecule has 0 unspecified atom stereocenters. The first-order valence-electron chi connectivity index (χ1n) is 6.95. The molecule has 2 N–H and O–H groups in total. The lowest BCUT2D eigenvalue weighted by molar-refractivity contribution is -0.117. The lowest BCUT2D eigenvalue weighted by atomic mass is 9.94. The molecule has 0 aliphatic carbocycles. The first kappa shape index (κ1) is 15.3. The summed E-state index contributed by atoms with van der Waals surface area (Å²) in [4.78, 5) is 12.2. The summed E-state index contributed by atoms with van der Waals surface area (Å²) in [6, 6.07) is 3.84. The molecule has 0 aromatic heterocycles. The quantitative estimate of drug-likeness (QED) is 0.885. The number of amides is 1. The first-order valence-corrected chi connectivity index (χ1v) is 7.74. The average molecular weight is 341 g/mol. The van der Waals surface area contributed by atoms with Crippen LogP contribution in [0.3, 0.4) is 0 Å². The van der Waals surface area contributed by atoms with E-state index < -0.39 is 0 Å². The van der Waals surface area contributed by atoms with Crippen molar-refractivity contribution in [3.05, 3.63) is 22.2 Å². The van der Waals surface area contributed by atoms with Gasteiger partial charge in [0.25, 0.3) is 0 Å². The van der Waals surface area contributed by atoms with Crippen molar-refractivity contribution >= 4 is 27.5 Å². The number of anilines is 1. The van der Waals surface area contributed by atoms with E-state index in [1.807, 2.05) is 19.1 Å². The third-order valence-electron chi connectivity index (χ3n) is 3.68. The van der Waals surface area contributed by atoms with E-state index in [1.165, 1.54) is 0 Å². The second-order valence-electron chi connectivity index (χ2n) is 5.25. The molecule has 1 aromatic rings. The van der Waals surface area contributed by atoms with Crippen LogP contribution in [0.4, 0.5) is 5.69 Å². The van der Waals surface area contributed by atoms with Crippen molar-refractivity contribution in [2.75, 3.05) is 25.5 Å². The van der Waals surface area contributed by atoms with Crippen LogP contribution in [0.5, 0.6) is 5.75 Å². The maximum atomic E-state index is 12.2. The Morgan fingerprint density at radius 1 is 1.45 bits per heavy atom. The molecule has 110 valence electrons. The van der Waals surface area contributed by atoms with Gasteiger partial charge in [0.1, 0.15) is 5.75 Å². The highest BCUT2D eigenvalue weighted by Crippen LogP contribution is 2.32. The molecule has 1 aliphatic heterocycles. The molecule has 1 saturated heterocycles. The lowest BCUT2D eigenvalue weighted by Gasteiger charge is -2.22. The van der Waals surface area contributed by atoms with Gasteiger partial charge < -0.3 is 15.4 Å². The van der Waals surface area contributed by atoms with Gasteiger partial charge in [-0.1, -0.05) is 15.9 Å². The Morgan fingerprint density at radius 2 is 2.15 bits per heavy atom. The van der Waals surface area contributed by atoms with Crippen molar-refractivity contribution in [1.82, 2.24) is 5.32 Å². The fraction of sp³-hybridized carbons (Fsp3) is 0.533. The van der Waals surface area contributed by atoms with E-state index in [1.54, 1.807) is 7.11 Å². The molecule has 0 bridgehead atoms. The molecule has 0 atom stereocenters. The zero-order chi connectivity index (χ0) is 14.5. The van der Waals surface area contributed by atoms with Gasteiger partial charge in [-0.05, 0) is 56.5 Å². The van der Waals surface area contributed by atoms with E-state index in [2.05, 4.69) is 26.6 Å². The number of nitrogens with one attached hydrogen (secondary N) is 2. The van der Waals surface area contributed by atoms with Crippen LogP contribution >= 0.6 is 15.9 Å². The number of carbonyl (C=O) groups is 1. The van der Waals surface area contributed by atoms with E-state index in [9.17, 15) is 4.79 Å². The molecule has 20 heavy (non-hydrogen) atoms. The van der Waals surface area contributed by atoms with Gasteiger partial charge in [0, 0.05) is 10.9 Å². The number of halogens is 1. The Bertz CT molecular complexity index is 485. The summed E-state index contributed by atoms with van der Waals surface area (Å²) >= 11 is 3.43. The fourth-order valence-corrected chi connectivity index (χ4v) is 3.12. The summed E-state index contributed by atoms with van der Waals surface area (Å²) in [6.07, 6.45) is 2.73. The van der Waals surface area contributed by atoms with Crippen molar-refractivity contribution in [2.24, 2.45) is 5.92 Å². The largest absolute Gasteiger partial charge is 0.495 e. The molecule has 1 aliphatic rings. The van der Waals surface area contributed by atoms with Crippen molar-refractivity contribution < 1.29 is 9.53 Å². The number of benzene rings is 1. The van der Waals surface area contributed by atoms with Crippen LogP contribution in [0.15, 0.2) is 16.6 Å². The Hall–Kier alpha value is -1.07. The van der Waals surface area contributed by atoms with Gasteiger partial charge in [-0.25, -0.2) is 0 Å². The Balaban J connectivity index is 2.03. The van der Waals surface area contributed by atoms with Crippen LogP contribution in [0, 0.1) is 12.8 Å². The molecule has 1 aromatic carbocycles. The van der Waals surface area contributed by atoms with Crippen LogP contribution in [0.2, 0.25) is 0 Å². The normalized spacial score (nSPS) is 15.9. The smallest absolute Gasteiger partial charge is 0.224 e. The number of hydrogen-bond acceptors (Lipinski definition) is 3. The summed E-state index contributed by atoms with van der Waals surface area (Å²) < 4.78 is 6.29. The SMILES string of the molecule is COc1cc(Br)cc(C)c1NC(=O)CC1CCNCC1. The maximum absolute atomic E-state index is 12.2. The molecule has 5 heteroatoms. The van der Waals surface area contributed by atoms with Crippen molar-refractivity contribution in [3.8, 4) is 5.75 Å². The van der Waals surface area contributed by atoms with Crippen LogP contribution < -0.4 is 15.4 Å². The number of carbonyl (C=O) groups excluding carboxylic acids is 1. The van der Waals surface area contributed by atoms with E-state index in [-0.39, 0.29) is 5.91 Å². The van der Waals surface area contributed by atoms with Gasteiger partial charge in [-0.15, -0.1) is 0 Å². The van der Waals surface area contributed by atoms with Gasteiger partial charge in [0.15, 0.2) is 0 Å². The van der Waals surface area contributed by atoms with E-state index in [4.69, 9.17) is 4.74 Å². The second-order valence-corrected chi connectivity index (χ2v) is 6.16. The summed E-state index contributed by atoms with van der Waals surface area (Å²) in [7, 11) is 1.61. The highest BCUT2D eigenvalue weighted by molar-refractivity contribution is 9.10. The number of aryl methyl sites for hydroxylation is 1. The van der Waals surface area contributed by atoms with Crippen molar-refractivity contribution in [3.63, 3.8) is 0 Å². The second kappa shape index (κ2) is 7.09. The predicted octanol–water partition coefficient (Wildman–Crippen LogP) is 3.09. The number of piperidine rings is 1. The summed E-state index contributed by atoms with van der Waals surface area (Å²) in [5.74, 6) is 1.24. The van der Waals surface area contributed by atoms with Crippen LogP contribution in [0.25, 0.3) is 0 Å². The summed E-state index contributed by atoms with van der Waals surface area (Å²) in [5.41, 5.74) is 1.77. The molecular weight excluding hydrogens is 320 g/mol. The number of ether oxygens (including phenoxy) is 1. The average Bonchev–Trinajstić information content (AvgIpc) is 2.42. The minimum absolute atomic E-state index is 0.0700. The van der Waals surface area contributed by atoms with E-state index >= 15 is 0 Å². The molecule has 4 nitrogen and oxygen atoms in total. The van der Waals surface area contributed by atoms with Gasteiger partial charge in [0.2, 0.25) is 5.91 Å². The monoisotopic (exact) mass is 340 g/mol. The van der Waals surface area contributed by atoms with Crippen LogP contribution in [0.1, 0.15) is 24.8 Å². The summed E-state index contributed by atoms with van der Waals surface area (Å²) in [6.45, 7) is 3.99. The minimum atomic E-state index is 0.0700. The minimum Gasteiger partial charge on any atom is -0.495 e. The molecule has 0 radical (unpaired) electrons. The van der Waals surface area contributed by atoms with E-state index in [0.717, 1.165) is 41.7 Å². The molecule has 2 rings (SSSR count). The maximum Gasteiger partial charge on any atom is 0.224 e. The number of methoxy groups -OCH3 is 1. The Labute approximate surface area is 128 Å². The van der Waals surface area contributed by atoms with Gasteiger partial charge in [-0.3, -0.25) is 4.79 Å². The topological polar surface area (TPSA) is 50.4 Å². The Kier molecular flexibility index (Phi) is 5.43. The highest BCUT2D eigenvalue weighted by Gasteiger charge is 2.18. The lowest BCUT2D eigenvalue weighted by Crippen LogP contribution is -2.30. The third kappa shape index (κ3) is 3.96. The van der Waals surface area contributed by atoms with Crippen molar-refractivity contribution in [1.29, 1.82) is 0 Å². The molecule has 1 heterocycles. The molecule has 0 saturated carbocycles. The number of rotatable bonds is 4.